The standard InChI is InChI=1S/C27H28F2N8O3.C10H11N3O2/c1-16(25(38)32-23-13-31-24(14-30-23)40-22-8-6-18(28)12-19(22)29)36-9-10-37(27(2,3)15-36)26(39)17-5-7-20-21(11-17)35(4)34-33-20;1-3-15-10(14)7-4-5-8-9(6-7)13(2)12-11-8/h5-8,11-14,16H,9-10,15H2,1-4H3,(H,30,32,38);4-6H,3H2,1-2H3/t16-;/m0./s1. The Morgan fingerprint density at radius 1 is 0.873 bits per heavy atom. The first-order valence-electron chi connectivity index (χ1n) is 17.3. The summed E-state index contributed by atoms with van der Waals surface area (Å²) >= 11 is 0. The van der Waals surface area contributed by atoms with Crippen molar-refractivity contribution in [2.75, 3.05) is 31.6 Å². The van der Waals surface area contributed by atoms with Crippen molar-refractivity contribution < 1.29 is 32.6 Å². The maximum absolute atomic E-state index is 13.8. The Balaban J connectivity index is 0.000000286. The van der Waals surface area contributed by atoms with Crippen LogP contribution in [0.2, 0.25) is 0 Å². The van der Waals surface area contributed by atoms with E-state index in [1.807, 2.05) is 23.6 Å². The number of anilines is 1. The molecule has 7 rings (SSSR count). The molecule has 0 radical (unpaired) electrons. The van der Waals surface area contributed by atoms with Crippen molar-refractivity contribution in [2.45, 2.75) is 39.3 Å². The highest BCUT2D eigenvalue weighted by Crippen LogP contribution is 2.27. The zero-order valence-electron chi connectivity index (χ0n) is 31.0. The molecular formula is C37H39F2N11O5. The average molecular weight is 756 g/mol. The van der Waals surface area contributed by atoms with Gasteiger partial charge in [-0.05, 0) is 76.2 Å². The zero-order chi connectivity index (χ0) is 39.4. The number of hydrogen-bond donors (Lipinski definition) is 1. The van der Waals surface area contributed by atoms with Crippen LogP contribution in [0, 0.1) is 11.6 Å². The van der Waals surface area contributed by atoms with Gasteiger partial charge in [-0.15, -0.1) is 10.2 Å². The summed E-state index contributed by atoms with van der Waals surface area (Å²) in [6, 6.07) is 12.9. The summed E-state index contributed by atoms with van der Waals surface area (Å²) < 4.78 is 40.4. The molecule has 0 saturated carbocycles. The molecule has 55 heavy (non-hydrogen) atoms. The predicted octanol–water partition coefficient (Wildman–Crippen LogP) is 4.54. The summed E-state index contributed by atoms with van der Waals surface area (Å²) in [7, 11) is 3.56. The first-order valence-corrected chi connectivity index (χ1v) is 17.3. The predicted molar refractivity (Wildman–Crippen MR) is 196 cm³/mol. The molecule has 2 amide bonds. The quantitative estimate of drug-likeness (QED) is 0.215. The molecule has 0 unspecified atom stereocenters. The lowest BCUT2D eigenvalue weighted by atomic mass is 9.96. The Labute approximate surface area is 314 Å². The molecule has 3 aromatic carbocycles. The molecule has 0 spiro atoms. The molecule has 1 aliphatic heterocycles. The SMILES string of the molecule is CCOC(=O)c1ccc2nnn(C)c2c1.C[C@@H](C(=O)Nc1cnc(Oc2ccc(F)cc2F)cn1)N1CCN(C(=O)c2ccc3nnn(C)c3c2)C(C)(C)C1. The number of ether oxygens (including phenoxy) is 2. The van der Waals surface area contributed by atoms with E-state index in [9.17, 15) is 23.2 Å². The molecule has 1 N–H and O–H groups in total. The zero-order valence-corrected chi connectivity index (χ0v) is 31.0. The summed E-state index contributed by atoms with van der Waals surface area (Å²) in [5, 5.41) is 18.6. The first-order chi connectivity index (χ1) is 26.2. The third-order valence-electron chi connectivity index (χ3n) is 9.07. The first kappa shape index (κ1) is 38.3. The van der Waals surface area contributed by atoms with Gasteiger partial charge in [0.05, 0.1) is 47.2 Å². The number of hydrogen-bond acceptors (Lipinski definition) is 12. The van der Waals surface area contributed by atoms with E-state index in [0.717, 1.165) is 34.2 Å². The normalized spacial score (nSPS) is 14.6. The van der Waals surface area contributed by atoms with Crippen LogP contribution in [0.1, 0.15) is 48.4 Å². The molecule has 16 nitrogen and oxygen atoms in total. The Morgan fingerprint density at radius 2 is 1.53 bits per heavy atom. The van der Waals surface area contributed by atoms with Crippen molar-refractivity contribution in [1.29, 1.82) is 0 Å². The number of fused-ring (bicyclic) bond motifs is 2. The fourth-order valence-corrected chi connectivity index (χ4v) is 6.09. The molecule has 0 aliphatic carbocycles. The van der Waals surface area contributed by atoms with Crippen molar-refractivity contribution in [3.05, 3.63) is 89.8 Å². The van der Waals surface area contributed by atoms with Gasteiger partial charge in [0.2, 0.25) is 11.8 Å². The lowest BCUT2D eigenvalue weighted by Gasteiger charge is -2.48. The van der Waals surface area contributed by atoms with Gasteiger partial charge in [0, 0.05) is 45.4 Å². The number of benzene rings is 3. The number of carbonyl (C=O) groups excluding carboxylic acids is 3. The number of halogens is 2. The minimum absolute atomic E-state index is 0.0158. The minimum atomic E-state index is -0.871. The molecule has 4 heterocycles. The summed E-state index contributed by atoms with van der Waals surface area (Å²) in [4.78, 5) is 49.9. The van der Waals surface area contributed by atoms with Crippen molar-refractivity contribution in [3.63, 3.8) is 0 Å². The van der Waals surface area contributed by atoms with Crippen LogP contribution in [0.15, 0.2) is 67.0 Å². The molecule has 1 atom stereocenters. The van der Waals surface area contributed by atoms with Gasteiger partial charge in [-0.2, -0.15) is 0 Å². The average Bonchev–Trinajstić information content (AvgIpc) is 3.73. The lowest BCUT2D eigenvalue weighted by Crippen LogP contribution is -2.63. The van der Waals surface area contributed by atoms with E-state index in [0.29, 0.717) is 43.4 Å². The van der Waals surface area contributed by atoms with Gasteiger partial charge in [-0.25, -0.2) is 32.9 Å². The number of piperazine rings is 1. The largest absolute Gasteiger partial charge is 0.462 e. The molecule has 1 saturated heterocycles. The van der Waals surface area contributed by atoms with Gasteiger partial charge in [0.25, 0.3) is 5.91 Å². The van der Waals surface area contributed by atoms with Crippen molar-refractivity contribution >= 4 is 45.7 Å². The summed E-state index contributed by atoms with van der Waals surface area (Å²) in [5.41, 5.74) is 3.62. The Morgan fingerprint density at radius 3 is 2.13 bits per heavy atom. The Kier molecular flexibility index (Phi) is 11.1. The fourth-order valence-electron chi connectivity index (χ4n) is 6.09. The molecule has 1 aliphatic rings. The number of amides is 2. The van der Waals surface area contributed by atoms with Crippen LogP contribution in [-0.4, -0.2) is 105 Å². The highest BCUT2D eigenvalue weighted by atomic mass is 19.1. The second-order valence-corrected chi connectivity index (χ2v) is 13.4. The highest BCUT2D eigenvalue weighted by molar-refractivity contribution is 5.98. The highest BCUT2D eigenvalue weighted by Gasteiger charge is 2.39. The third-order valence-corrected chi connectivity index (χ3v) is 9.07. The molecule has 3 aromatic heterocycles. The number of esters is 1. The van der Waals surface area contributed by atoms with E-state index in [1.165, 1.54) is 12.4 Å². The number of carbonyl (C=O) groups is 3. The Bertz CT molecular complexity index is 2360. The number of aryl methyl sites for hydroxylation is 2. The lowest BCUT2D eigenvalue weighted by molar-refractivity contribution is -0.122. The number of aromatic nitrogens is 8. The van der Waals surface area contributed by atoms with Gasteiger partial charge in [0.15, 0.2) is 17.4 Å². The molecule has 1 fully saturated rings. The van der Waals surface area contributed by atoms with Crippen LogP contribution in [0.25, 0.3) is 22.1 Å². The van der Waals surface area contributed by atoms with Crippen LogP contribution in [-0.2, 0) is 23.6 Å². The number of nitrogens with one attached hydrogen (secondary N) is 1. The second-order valence-electron chi connectivity index (χ2n) is 13.4. The van der Waals surface area contributed by atoms with Gasteiger partial charge in [-0.3, -0.25) is 14.5 Å². The monoisotopic (exact) mass is 755 g/mol. The second kappa shape index (κ2) is 15.9. The van der Waals surface area contributed by atoms with E-state index >= 15 is 0 Å². The smallest absolute Gasteiger partial charge is 0.338 e. The van der Waals surface area contributed by atoms with E-state index in [1.54, 1.807) is 73.7 Å². The van der Waals surface area contributed by atoms with Gasteiger partial charge in [0.1, 0.15) is 16.9 Å². The van der Waals surface area contributed by atoms with Crippen molar-refractivity contribution in [2.24, 2.45) is 14.1 Å². The van der Waals surface area contributed by atoms with E-state index < -0.39 is 23.2 Å². The van der Waals surface area contributed by atoms with E-state index in [-0.39, 0.29) is 35.2 Å². The van der Waals surface area contributed by atoms with E-state index in [2.05, 4.69) is 35.9 Å². The molecule has 18 heteroatoms. The topological polar surface area (TPSA) is 175 Å². The van der Waals surface area contributed by atoms with Crippen molar-refractivity contribution in [1.82, 2.24) is 49.8 Å². The molecule has 6 aromatic rings. The minimum Gasteiger partial charge on any atom is -0.462 e. The summed E-state index contributed by atoms with van der Waals surface area (Å²) in [6.07, 6.45) is 2.52. The van der Waals surface area contributed by atoms with Crippen molar-refractivity contribution in [3.8, 4) is 11.6 Å². The molecular weight excluding hydrogens is 716 g/mol. The Hall–Kier alpha value is -6.43. The van der Waals surface area contributed by atoms with Crippen LogP contribution >= 0.6 is 0 Å². The van der Waals surface area contributed by atoms with Crippen LogP contribution < -0.4 is 10.1 Å². The van der Waals surface area contributed by atoms with Gasteiger partial charge in [-0.1, -0.05) is 10.4 Å². The van der Waals surface area contributed by atoms with Crippen LogP contribution in [0.3, 0.4) is 0 Å². The fraction of sp³-hybridized carbons (Fsp3) is 0.324. The molecule has 0 bridgehead atoms. The van der Waals surface area contributed by atoms with Gasteiger partial charge >= 0.3 is 5.97 Å². The molecule has 286 valence electrons. The third kappa shape index (κ3) is 8.54. The van der Waals surface area contributed by atoms with Crippen LogP contribution in [0.5, 0.6) is 11.6 Å². The summed E-state index contributed by atoms with van der Waals surface area (Å²) in [6.45, 7) is 9.30. The maximum atomic E-state index is 13.8. The number of nitrogens with zero attached hydrogens (tertiary/aromatic N) is 10. The van der Waals surface area contributed by atoms with Gasteiger partial charge < -0.3 is 19.7 Å². The maximum Gasteiger partial charge on any atom is 0.338 e. The summed E-state index contributed by atoms with van der Waals surface area (Å²) in [5.74, 6) is -2.32. The number of rotatable bonds is 8. The van der Waals surface area contributed by atoms with Crippen LogP contribution in [0.4, 0.5) is 14.6 Å². The van der Waals surface area contributed by atoms with E-state index in [4.69, 9.17) is 9.47 Å².